The van der Waals surface area contributed by atoms with Crippen molar-refractivity contribution < 1.29 is 4.79 Å². The quantitative estimate of drug-likeness (QED) is 0.876. The van der Waals surface area contributed by atoms with Crippen molar-refractivity contribution in [1.82, 2.24) is 9.88 Å². The number of nitrogen functional groups attached to an aromatic ring is 1. The van der Waals surface area contributed by atoms with Gasteiger partial charge in [0, 0.05) is 25.5 Å². The molecule has 1 heterocycles. The molecule has 0 aliphatic heterocycles. The minimum Gasteiger partial charge on any atom is -0.399 e. The van der Waals surface area contributed by atoms with E-state index in [4.69, 9.17) is 17.3 Å². The van der Waals surface area contributed by atoms with Crippen LogP contribution in [0.4, 0.5) is 5.69 Å². The van der Waals surface area contributed by atoms with Crippen LogP contribution in [0.15, 0.2) is 42.6 Å². The average molecular weight is 276 g/mol. The number of benzene rings is 1. The van der Waals surface area contributed by atoms with Crippen LogP contribution in [0.3, 0.4) is 0 Å². The molecule has 2 N–H and O–H groups in total. The molecule has 1 amide bonds. The lowest BCUT2D eigenvalue weighted by Gasteiger charge is -2.16. The SMILES string of the molecule is CN(Cc1ccc(N)cc1)C(=O)c1ccc(Cl)cn1. The molecule has 19 heavy (non-hydrogen) atoms. The average Bonchev–Trinajstić information content (AvgIpc) is 2.41. The molecule has 2 rings (SSSR count). The van der Waals surface area contributed by atoms with Crippen LogP contribution in [0, 0.1) is 0 Å². The van der Waals surface area contributed by atoms with Gasteiger partial charge in [-0.3, -0.25) is 4.79 Å². The minimum absolute atomic E-state index is 0.145. The zero-order valence-electron chi connectivity index (χ0n) is 10.5. The first kappa shape index (κ1) is 13.4. The van der Waals surface area contributed by atoms with Crippen LogP contribution in [0.25, 0.3) is 0 Å². The van der Waals surface area contributed by atoms with E-state index in [1.807, 2.05) is 24.3 Å². The molecule has 0 unspecified atom stereocenters. The normalized spacial score (nSPS) is 10.2. The van der Waals surface area contributed by atoms with Crippen molar-refractivity contribution in [3.8, 4) is 0 Å². The van der Waals surface area contributed by atoms with Crippen molar-refractivity contribution in [2.75, 3.05) is 12.8 Å². The molecular weight excluding hydrogens is 262 g/mol. The van der Waals surface area contributed by atoms with Crippen molar-refractivity contribution >= 4 is 23.2 Å². The van der Waals surface area contributed by atoms with Crippen LogP contribution in [0.1, 0.15) is 16.1 Å². The van der Waals surface area contributed by atoms with Crippen LogP contribution in [0.2, 0.25) is 5.02 Å². The van der Waals surface area contributed by atoms with E-state index in [-0.39, 0.29) is 5.91 Å². The Kier molecular flexibility index (Phi) is 4.02. The Morgan fingerprint density at radius 1 is 1.26 bits per heavy atom. The number of carbonyl (C=O) groups is 1. The fourth-order valence-electron chi connectivity index (χ4n) is 1.67. The predicted molar refractivity (Wildman–Crippen MR) is 75.9 cm³/mol. The maximum absolute atomic E-state index is 12.1. The minimum atomic E-state index is -0.145. The molecule has 0 aliphatic carbocycles. The molecule has 0 radical (unpaired) electrons. The summed E-state index contributed by atoms with van der Waals surface area (Å²) in [4.78, 5) is 17.7. The highest BCUT2D eigenvalue weighted by Crippen LogP contribution is 2.11. The molecule has 0 saturated carbocycles. The number of nitrogens with zero attached hydrogens (tertiary/aromatic N) is 2. The van der Waals surface area contributed by atoms with E-state index in [0.717, 1.165) is 5.56 Å². The van der Waals surface area contributed by atoms with Crippen LogP contribution in [-0.2, 0) is 6.54 Å². The van der Waals surface area contributed by atoms with Gasteiger partial charge in [0.1, 0.15) is 5.69 Å². The van der Waals surface area contributed by atoms with Gasteiger partial charge in [-0.2, -0.15) is 0 Å². The molecule has 2 aromatic rings. The fraction of sp³-hybridized carbons (Fsp3) is 0.143. The Labute approximate surface area is 116 Å². The van der Waals surface area contributed by atoms with E-state index in [1.54, 1.807) is 24.1 Å². The van der Waals surface area contributed by atoms with E-state index in [2.05, 4.69) is 4.98 Å². The van der Waals surface area contributed by atoms with Crippen molar-refractivity contribution in [3.63, 3.8) is 0 Å². The van der Waals surface area contributed by atoms with Crippen molar-refractivity contribution in [2.45, 2.75) is 6.54 Å². The molecule has 0 saturated heterocycles. The van der Waals surface area contributed by atoms with Gasteiger partial charge in [0.25, 0.3) is 5.91 Å². The molecule has 5 heteroatoms. The smallest absolute Gasteiger partial charge is 0.272 e. The molecule has 4 nitrogen and oxygen atoms in total. The molecule has 0 aliphatic rings. The molecule has 1 aromatic carbocycles. The number of nitrogens with two attached hydrogens (primary N) is 1. The first-order chi connectivity index (χ1) is 9.06. The second-order valence-corrected chi connectivity index (χ2v) is 4.70. The summed E-state index contributed by atoms with van der Waals surface area (Å²) in [6.45, 7) is 0.503. The Balaban J connectivity index is 2.07. The van der Waals surface area contributed by atoms with Crippen LogP contribution in [-0.4, -0.2) is 22.8 Å². The Morgan fingerprint density at radius 2 is 1.95 bits per heavy atom. The molecule has 1 aromatic heterocycles. The lowest BCUT2D eigenvalue weighted by Crippen LogP contribution is -2.26. The van der Waals surface area contributed by atoms with E-state index in [9.17, 15) is 4.79 Å². The van der Waals surface area contributed by atoms with E-state index < -0.39 is 0 Å². The number of anilines is 1. The molecule has 0 fully saturated rings. The van der Waals surface area contributed by atoms with Crippen LogP contribution in [0.5, 0.6) is 0 Å². The maximum Gasteiger partial charge on any atom is 0.272 e. The summed E-state index contributed by atoms with van der Waals surface area (Å²) in [6, 6.07) is 10.7. The molecule has 0 bridgehead atoms. The van der Waals surface area contributed by atoms with Gasteiger partial charge in [0.05, 0.1) is 5.02 Å². The highest BCUT2D eigenvalue weighted by Gasteiger charge is 2.13. The maximum atomic E-state index is 12.1. The van der Waals surface area contributed by atoms with Gasteiger partial charge in [0.2, 0.25) is 0 Å². The summed E-state index contributed by atoms with van der Waals surface area (Å²) in [6.07, 6.45) is 1.46. The summed E-state index contributed by atoms with van der Waals surface area (Å²) in [5.74, 6) is -0.145. The van der Waals surface area contributed by atoms with Crippen LogP contribution < -0.4 is 5.73 Å². The topological polar surface area (TPSA) is 59.2 Å². The van der Waals surface area contributed by atoms with Gasteiger partial charge in [-0.25, -0.2) is 4.98 Å². The summed E-state index contributed by atoms with van der Waals surface area (Å²) in [7, 11) is 1.73. The second-order valence-electron chi connectivity index (χ2n) is 4.26. The number of rotatable bonds is 3. The predicted octanol–water partition coefficient (Wildman–Crippen LogP) is 2.59. The zero-order chi connectivity index (χ0) is 13.8. The van der Waals surface area contributed by atoms with E-state index >= 15 is 0 Å². The number of aromatic nitrogens is 1. The molecule has 0 atom stereocenters. The van der Waals surface area contributed by atoms with Gasteiger partial charge in [-0.1, -0.05) is 23.7 Å². The van der Waals surface area contributed by atoms with Gasteiger partial charge in [-0.05, 0) is 29.8 Å². The van der Waals surface area contributed by atoms with Gasteiger partial charge in [0.15, 0.2) is 0 Å². The number of pyridine rings is 1. The third-order valence-corrected chi connectivity index (χ3v) is 2.92. The summed E-state index contributed by atoms with van der Waals surface area (Å²) < 4.78 is 0. The largest absolute Gasteiger partial charge is 0.399 e. The highest BCUT2D eigenvalue weighted by molar-refractivity contribution is 6.30. The number of halogens is 1. The molecular formula is C14H14ClN3O. The third-order valence-electron chi connectivity index (χ3n) is 2.69. The summed E-state index contributed by atoms with van der Waals surface area (Å²) >= 11 is 5.74. The van der Waals surface area contributed by atoms with Crippen LogP contribution >= 0.6 is 11.6 Å². The summed E-state index contributed by atoms with van der Waals surface area (Å²) in [5.41, 5.74) is 7.72. The standard InChI is InChI=1S/C14H14ClN3O/c1-18(9-10-2-5-12(16)6-3-10)14(19)13-7-4-11(15)8-17-13/h2-8H,9,16H2,1H3. The Morgan fingerprint density at radius 3 is 2.53 bits per heavy atom. The van der Waals surface area contributed by atoms with Gasteiger partial charge < -0.3 is 10.6 Å². The first-order valence-corrected chi connectivity index (χ1v) is 6.15. The van der Waals surface area contributed by atoms with Crippen molar-refractivity contribution in [1.29, 1.82) is 0 Å². The van der Waals surface area contributed by atoms with Crippen molar-refractivity contribution in [3.05, 3.63) is 58.9 Å². The lowest BCUT2D eigenvalue weighted by atomic mass is 10.2. The highest BCUT2D eigenvalue weighted by atomic mass is 35.5. The van der Waals surface area contributed by atoms with Gasteiger partial charge >= 0.3 is 0 Å². The number of hydrogen-bond donors (Lipinski definition) is 1. The second kappa shape index (κ2) is 5.71. The Bertz CT molecular complexity index is 566. The summed E-state index contributed by atoms with van der Waals surface area (Å²) in [5, 5.41) is 0.512. The number of hydrogen-bond acceptors (Lipinski definition) is 3. The van der Waals surface area contributed by atoms with E-state index in [0.29, 0.717) is 22.9 Å². The molecule has 0 spiro atoms. The van der Waals surface area contributed by atoms with Gasteiger partial charge in [-0.15, -0.1) is 0 Å². The Hall–Kier alpha value is -2.07. The number of carbonyl (C=O) groups excluding carboxylic acids is 1. The fourth-order valence-corrected chi connectivity index (χ4v) is 1.78. The molecule has 98 valence electrons. The van der Waals surface area contributed by atoms with Crippen molar-refractivity contribution in [2.24, 2.45) is 0 Å². The first-order valence-electron chi connectivity index (χ1n) is 5.77. The lowest BCUT2D eigenvalue weighted by molar-refractivity contribution is 0.0779. The van der Waals surface area contributed by atoms with E-state index in [1.165, 1.54) is 6.20 Å². The zero-order valence-corrected chi connectivity index (χ0v) is 11.3. The monoisotopic (exact) mass is 275 g/mol. The number of amides is 1. The third kappa shape index (κ3) is 3.45.